The molecule has 376 valence electrons. The third kappa shape index (κ3) is 10.6. The summed E-state index contributed by atoms with van der Waals surface area (Å²) in [6.07, 6.45) is 1.01. The number of nitrogens with one attached hydrogen (secondary N) is 3. The van der Waals surface area contributed by atoms with Gasteiger partial charge in [0, 0.05) is 89.7 Å². The molecule has 2 aromatic heterocycles. The Labute approximate surface area is 398 Å². The molecule has 4 aliphatic rings. The SMILES string of the molecule is Cc1cc(S(=O)(=O)N[C@H](C)COC2CCC(CN3CCN(c4ccc5c(c4F)n(C)c(=O)n5C4(C=O)CCC(=O)NC4)CC3)CC2)ccc1Nc1ncc(C(F)(F)F)c(N2CC[C@H](C(C)(C)O)C2)n1. The molecule has 1 amide bonds. The number of carbonyl (C=O) groups is 2. The summed E-state index contributed by atoms with van der Waals surface area (Å²) in [5.74, 6) is -0.883. The number of hydrogen-bond acceptors (Lipinski definition) is 13. The molecule has 3 aliphatic heterocycles. The number of benzene rings is 2. The van der Waals surface area contributed by atoms with Crippen molar-refractivity contribution in [3.8, 4) is 0 Å². The minimum atomic E-state index is -4.70. The molecule has 17 nitrogen and oxygen atoms in total. The zero-order valence-electron chi connectivity index (χ0n) is 39.6. The maximum atomic E-state index is 16.3. The first kappa shape index (κ1) is 50.2. The van der Waals surface area contributed by atoms with E-state index in [1.807, 2.05) is 4.90 Å². The topological polar surface area (TPSA) is 196 Å². The Balaban J connectivity index is 0.792. The molecule has 2 aromatic carbocycles. The number of nitrogens with zero attached hydrogens (tertiary/aromatic N) is 7. The van der Waals surface area contributed by atoms with E-state index in [4.69, 9.17) is 4.74 Å². The highest BCUT2D eigenvalue weighted by atomic mass is 32.2. The van der Waals surface area contributed by atoms with E-state index in [1.165, 1.54) is 39.3 Å². The summed E-state index contributed by atoms with van der Waals surface area (Å²) in [6, 6.07) is 7.20. The second-order valence-electron chi connectivity index (χ2n) is 19.8. The lowest BCUT2D eigenvalue weighted by Crippen LogP contribution is -2.54. The quantitative estimate of drug-likeness (QED) is 0.0938. The standard InChI is InChI=1S/C47H62F4N10O7S/c1-29-22-34(10-11-36(29)54-43-52-23-35(47(49,50)51)42(55-43)60-17-15-32(25-60)45(3,4)65)69(66,67)56-30(2)26-68-33-8-6-31(7-9-33)24-58-18-20-59(21-19-58)37-12-13-38-41(40(37)48)57(5)44(64)61(38)46(28-62)16-14-39(63)53-27-46/h10-13,22-23,28,30-33,56,65H,6-9,14-21,24-27H2,1-5H3,(H,53,63)(H,52,54,55)/t30-,31?,32+,33?,46?/m1/s1. The van der Waals surface area contributed by atoms with E-state index in [-0.39, 0.29) is 79.2 Å². The zero-order chi connectivity index (χ0) is 49.6. The van der Waals surface area contributed by atoms with Crippen molar-refractivity contribution in [1.29, 1.82) is 0 Å². The van der Waals surface area contributed by atoms with Crippen LogP contribution in [0.3, 0.4) is 0 Å². The van der Waals surface area contributed by atoms with Crippen LogP contribution >= 0.6 is 0 Å². The number of imidazole rings is 1. The molecule has 22 heteroatoms. The summed E-state index contributed by atoms with van der Waals surface area (Å²) >= 11 is 0. The monoisotopic (exact) mass is 986 g/mol. The smallest absolute Gasteiger partial charge is 0.390 e. The van der Waals surface area contributed by atoms with Gasteiger partial charge in [0.1, 0.15) is 28.7 Å². The molecule has 4 N–H and O–H groups in total. The van der Waals surface area contributed by atoms with Gasteiger partial charge >= 0.3 is 11.9 Å². The second kappa shape index (κ2) is 19.6. The molecule has 1 unspecified atom stereocenters. The van der Waals surface area contributed by atoms with Gasteiger partial charge < -0.3 is 35.1 Å². The van der Waals surface area contributed by atoms with Gasteiger partial charge in [0.25, 0.3) is 0 Å². The number of aryl methyl sites for hydroxylation is 2. The number of rotatable bonds is 15. The van der Waals surface area contributed by atoms with Crippen LogP contribution in [0, 0.1) is 24.6 Å². The van der Waals surface area contributed by atoms with Gasteiger partial charge in [0.2, 0.25) is 21.9 Å². The van der Waals surface area contributed by atoms with E-state index in [0.29, 0.717) is 54.2 Å². The molecule has 3 saturated heterocycles. The van der Waals surface area contributed by atoms with E-state index in [9.17, 15) is 41.1 Å². The minimum Gasteiger partial charge on any atom is -0.390 e. The van der Waals surface area contributed by atoms with Crippen molar-refractivity contribution in [1.82, 2.24) is 34.0 Å². The Bertz CT molecular complexity index is 2720. The number of alkyl halides is 3. The van der Waals surface area contributed by atoms with Crippen molar-refractivity contribution in [2.24, 2.45) is 18.9 Å². The lowest BCUT2D eigenvalue weighted by Gasteiger charge is -2.39. The summed E-state index contributed by atoms with van der Waals surface area (Å²) in [5, 5.41) is 16.1. The number of aromatic nitrogens is 4. The van der Waals surface area contributed by atoms with Gasteiger partial charge in [-0.2, -0.15) is 18.2 Å². The fraction of sp³-hybridized carbons (Fsp3) is 0.596. The normalized spacial score (nSPS) is 23.6. The van der Waals surface area contributed by atoms with Gasteiger partial charge in [-0.05, 0) is 108 Å². The van der Waals surface area contributed by atoms with Crippen molar-refractivity contribution in [2.45, 2.75) is 107 Å². The summed E-state index contributed by atoms with van der Waals surface area (Å²) in [5.41, 5.74) is -2.12. The Kier molecular flexibility index (Phi) is 14.2. The van der Waals surface area contributed by atoms with Crippen molar-refractivity contribution >= 4 is 56.4 Å². The molecular weight excluding hydrogens is 925 g/mol. The first-order chi connectivity index (χ1) is 32.6. The number of amides is 1. The van der Waals surface area contributed by atoms with Crippen molar-refractivity contribution in [2.75, 3.05) is 74.1 Å². The van der Waals surface area contributed by atoms with Gasteiger partial charge in [-0.3, -0.25) is 18.8 Å². The molecule has 0 spiro atoms. The van der Waals surface area contributed by atoms with E-state index in [2.05, 4.69) is 30.2 Å². The highest BCUT2D eigenvalue weighted by Crippen LogP contribution is 2.40. The number of piperazine rings is 1. The molecular formula is C47H62F4N10O7S. The number of aldehydes is 1. The van der Waals surface area contributed by atoms with Gasteiger partial charge in [0.05, 0.1) is 34.4 Å². The molecule has 0 bridgehead atoms. The maximum absolute atomic E-state index is 16.3. The average Bonchev–Trinajstić information content (AvgIpc) is 3.91. The van der Waals surface area contributed by atoms with Crippen molar-refractivity contribution in [3.05, 3.63) is 64.0 Å². The molecule has 4 fully saturated rings. The van der Waals surface area contributed by atoms with Crippen LogP contribution in [0.1, 0.15) is 76.8 Å². The summed E-state index contributed by atoms with van der Waals surface area (Å²) in [6.45, 7) is 10.8. The first-order valence-electron chi connectivity index (χ1n) is 23.6. The van der Waals surface area contributed by atoms with Crippen LogP contribution in [0.5, 0.6) is 0 Å². The van der Waals surface area contributed by atoms with Gasteiger partial charge in [0.15, 0.2) is 5.82 Å². The zero-order valence-corrected chi connectivity index (χ0v) is 40.4. The highest BCUT2D eigenvalue weighted by molar-refractivity contribution is 7.89. The number of piperidine rings is 1. The van der Waals surface area contributed by atoms with Gasteiger partial charge in [-0.15, -0.1) is 0 Å². The Hall–Kier alpha value is -5.16. The summed E-state index contributed by atoms with van der Waals surface area (Å²) in [7, 11) is -2.47. The number of anilines is 4. The van der Waals surface area contributed by atoms with Crippen LogP contribution in [0.15, 0.2) is 46.2 Å². The van der Waals surface area contributed by atoms with E-state index >= 15 is 4.39 Å². The Morgan fingerprint density at radius 1 is 1.03 bits per heavy atom. The number of carbonyl (C=O) groups excluding carboxylic acids is 2. The first-order valence-corrected chi connectivity index (χ1v) is 25.1. The maximum Gasteiger partial charge on any atom is 0.421 e. The fourth-order valence-electron chi connectivity index (χ4n) is 10.3. The highest BCUT2D eigenvalue weighted by Gasteiger charge is 2.42. The van der Waals surface area contributed by atoms with Crippen LogP contribution in [-0.2, 0) is 43.1 Å². The molecule has 69 heavy (non-hydrogen) atoms. The second-order valence-corrected chi connectivity index (χ2v) is 21.6. The number of hydrogen-bond donors (Lipinski definition) is 4. The molecule has 5 heterocycles. The van der Waals surface area contributed by atoms with Gasteiger partial charge in [-0.1, -0.05) is 0 Å². The van der Waals surface area contributed by atoms with E-state index in [1.54, 1.807) is 39.8 Å². The molecule has 4 aromatic rings. The molecule has 1 saturated carbocycles. The van der Waals surface area contributed by atoms with E-state index in [0.717, 1.165) is 51.5 Å². The third-order valence-corrected chi connectivity index (χ3v) is 16.0. The average molecular weight is 987 g/mol. The van der Waals surface area contributed by atoms with Gasteiger partial charge in [-0.25, -0.2) is 27.3 Å². The summed E-state index contributed by atoms with van der Waals surface area (Å²) in [4.78, 5) is 51.7. The largest absolute Gasteiger partial charge is 0.421 e. The molecule has 0 radical (unpaired) electrons. The number of aliphatic hydroxyl groups is 1. The third-order valence-electron chi connectivity index (χ3n) is 14.4. The molecule has 1 aliphatic carbocycles. The predicted molar refractivity (Wildman–Crippen MR) is 252 cm³/mol. The van der Waals surface area contributed by atoms with Crippen LogP contribution < -0.4 is 30.8 Å². The Morgan fingerprint density at radius 2 is 1.75 bits per heavy atom. The van der Waals surface area contributed by atoms with Crippen LogP contribution in [0.25, 0.3) is 11.0 Å². The number of ether oxygens (including phenoxy) is 1. The van der Waals surface area contributed by atoms with Crippen molar-refractivity contribution < 1.29 is 45.4 Å². The Morgan fingerprint density at radius 3 is 2.38 bits per heavy atom. The predicted octanol–water partition coefficient (Wildman–Crippen LogP) is 4.81. The van der Waals surface area contributed by atoms with Crippen LogP contribution in [0.4, 0.5) is 40.7 Å². The molecule has 3 atom stereocenters. The number of sulfonamides is 1. The minimum absolute atomic E-state index is 0.0113. The fourth-order valence-corrected chi connectivity index (χ4v) is 11.6. The number of halogens is 4. The van der Waals surface area contributed by atoms with Crippen molar-refractivity contribution in [3.63, 3.8) is 0 Å². The van der Waals surface area contributed by atoms with Crippen LogP contribution in [-0.4, -0.2) is 126 Å². The summed E-state index contributed by atoms with van der Waals surface area (Å²) < 4.78 is 96.6. The van der Waals surface area contributed by atoms with E-state index < -0.39 is 50.5 Å². The lowest BCUT2D eigenvalue weighted by atomic mass is 9.87. The van der Waals surface area contributed by atoms with Crippen LogP contribution in [0.2, 0.25) is 0 Å². The number of fused-ring (bicyclic) bond motifs is 1. The molecule has 8 rings (SSSR count). The lowest BCUT2D eigenvalue weighted by molar-refractivity contribution is -0.137.